The van der Waals surface area contributed by atoms with Gasteiger partial charge in [-0.25, -0.2) is 0 Å². The number of benzene rings is 2. The first-order valence-electron chi connectivity index (χ1n) is 11.9. The molecule has 0 bridgehead atoms. The Kier molecular flexibility index (Phi) is 7.00. The van der Waals surface area contributed by atoms with Gasteiger partial charge in [0.2, 0.25) is 5.91 Å². The highest BCUT2D eigenvalue weighted by atomic mass is 32.2. The van der Waals surface area contributed by atoms with Crippen molar-refractivity contribution >= 4 is 51.8 Å². The molecule has 7 nitrogen and oxygen atoms in total. The number of thioether (sulfide) groups is 1. The maximum absolute atomic E-state index is 13.0. The van der Waals surface area contributed by atoms with E-state index in [-0.39, 0.29) is 12.1 Å². The minimum atomic E-state index is -0.462. The fourth-order valence-corrected chi connectivity index (χ4v) is 5.60. The highest BCUT2D eigenvalue weighted by molar-refractivity contribution is 8.18. The van der Waals surface area contributed by atoms with Crippen LogP contribution in [0.4, 0.5) is 16.2 Å². The molecule has 4 rings (SSSR count). The molecule has 0 spiro atoms. The fraction of sp³-hybridized carbons (Fsp3) is 0.321. The molecule has 2 aromatic carbocycles. The number of nitrogens with zero attached hydrogens (tertiary/aromatic N) is 2. The first-order chi connectivity index (χ1) is 17.0. The number of likely N-dealkylation sites (N-methyl/N-ethyl adjacent to an activating group) is 1. The molecular weight excluding hydrogens is 474 g/mol. The highest BCUT2D eigenvalue weighted by Crippen LogP contribution is 2.41. The summed E-state index contributed by atoms with van der Waals surface area (Å²) in [6.45, 7) is 11.2. The monoisotopic (exact) mass is 505 g/mol. The molecule has 188 valence electrons. The van der Waals surface area contributed by atoms with E-state index >= 15 is 0 Å². The molecular formula is C28H31N3O4S. The maximum atomic E-state index is 13.0. The van der Waals surface area contributed by atoms with Gasteiger partial charge >= 0.3 is 0 Å². The van der Waals surface area contributed by atoms with Gasteiger partial charge in [-0.1, -0.05) is 6.08 Å². The van der Waals surface area contributed by atoms with Gasteiger partial charge in [-0.15, -0.1) is 0 Å². The number of hydrogen-bond acceptors (Lipinski definition) is 6. The van der Waals surface area contributed by atoms with Gasteiger partial charge in [-0.3, -0.25) is 19.3 Å². The predicted molar refractivity (Wildman–Crippen MR) is 146 cm³/mol. The number of methoxy groups -OCH3 is 1. The van der Waals surface area contributed by atoms with Gasteiger partial charge in [0.1, 0.15) is 12.3 Å². The summed E-state index contributed by atoms with van der Waals surface area (Å²) >= 11 is 0.859. The van der Waals surface area contributed by atoms with Gasteiger partial charge in [-0.05, 0) is 106 Å². The van der Waals surface area contributed by atoms with Crippen molar-refractivity contribution in [2.45, 2.75) is 40.2 Å². The number of imide groups is 1. The second kappa shape index (κ2) is 9.85. The average Bonchev–Trinajstić information content (AvgIpc) is 3.07. The summed E-state index contributed by atoms with van der Waals surface area (Å²) in [5, 5.41) is 2.25. The quantitative estimate of drug-likeness (QED) is 0.508. The minimum Gasteiger partial charge on any atom is -0.497 e. The Morgan fingerprint density at radius 3 is 2.47 bits per heavy atom. The third-order valence-corrected chi connectivity index (χ3v) is 7.42. The van der Waals surface area contributed by atoms with Crippen LogP contribution < -0.4 is 15.0 Å². The van der Waals surface area contributed by atoms with Crippen LogP contribution in [0.5, 0.6) is 5.75 Å². The van der Waals surface area contributed by atoms with Gasteiger partial charge in [0, 0.05) is 23.5 Å². The normalized spacial score (nSPS) is 17.8. The molecule has 0 saturated carbocycles. The Morgan fingerprint density at radius 2 is 1.83 bits per heavy atom. The van der Waals surface area contributed by atoms with Gasteiger partial charge in [0.15, 0.2) is 0 Å². The van der Waals surface area contributed by atoms with Crippen molar-refractivity contribution in [3.8, 4) is 5.75 Å². The maximum Gasteiger partial charge on any atom is 0.294 e. The van der Waals surface area contributed by atoms with Crippen molar-refractivity contribution < 1.29 is 19.1 Å². The molecule has 2 aromatic rings. The second-order valence-corrected chi connectivity index (χ2v) is 10.5. The summed E-state index contributed by atoms with van der Waals surface area (Å²) in [7, 11) is 1.56. The van der Waals surface area contributed by atoms with E-state index < -0.39 is 17.1 Å². The third-order valence-electron chi connectivity index (χ3n) is 6.52. The number of rotatable bonds is 6. The molecule has 3 amide bonds. The summed E-state index contributed by atoms with van der Waals surface area (Å²) in [5.74, 6) is -0.245. The molecule has 2 aliphatic rings. The zero-order valence-electron chi connectivity index (χ0n) is 21.5. The first kappa shape index (κ1) is 25.6. The van der Waals surface area contributed by atoms with E-state index in [1.807, 2.05) is 6.92 Å². The van der Waals surface area contributed by atoms with Gasteiger partial charge in [-0.2, -0.15) is 0 Å². The van der Waals surface area contributed by atoms with Crippen LogP contribution in [0.1, 0.15) is 44.4 Å². The SMILES string of the molecule is CCN1c2cc(C)c(/C=C3\SC(=O)N(CC(=O)Nc4ccc(OC)cc4)C3=O)cc2C(C)=CC1(C)C. The molecule has 8 heteroatoms. The first-order valence-corrected chi connectivity index (χ1v) is 12.7. The number of ether oxygens (including phenoxy) is 1. The molecule has 2 aliphatic heterocycles. The largest absolute Gasteiger partial charge is 0.497 e. The van der Waals surface area contributed by atoms with E-state index in [1.54, 1.807) is 37.5 Å². The average molecular weight is 506 g/mol. The zero-order chi connectivity index (χ0) is 26.2. The van der Waals surface area contributed by atoms with Crippen LogP contribution in [-0.4, -0.2) is 47.7 Å². The van der Waals surface area contributed by atoms with Crippen molar-refractivity contribution in [3.05, 3.63) is 64.1 Å². The van der Waals surface area contributed by atoms with Crippen LogP contribution in [0, 0.1) is 6.92 Å². The molecule has 1 saturated heterocycles. The number of carbonyl (C=O) groups is 3. The molecule has 0 aliphatic carbocycles. The standard InChI is InChI=1S/C28H31N3O4S/c1-7-31-23-12-17(2)19(13-22(23)18(3)15-28(31,4)5)14-24-26(33)30(27(34)36-24)16-25(32)29-20-8-10-21(35-6)11-9-20/h8-15H,7,16H2,1-6H3,(H,29,32)/b24-14-. The second-order valence-electron chi connectivity index (χ2n) is 9.50. The van der Waals surface area contributed by atoms with E-state index in [0.717, 1.165) is 39.9 Å². The lowest BCUT2D eigenvalue weighted by Crippen LogP contribution is -2.44. The molecule has 1 fully saturated rings. The van der Waals surface area contributed by atoms with Gasteiger partial charge in [0.05, 0.1) is 17.6 Å². The molecule has 0 radical (unpaired) electrons. The number of anilines is 2. The molecule has 36 heavy (non-hydrogen) atoms. The van der Waals surface area contributed by atoms with Crippen LogP contribution in [-0.2, 0) is 9.59 Å². The summed E-state index contributed by atoms with van der Waals surface area (Å²) in [4.78, 5) is 41.8. The summed E-state index contributed by atoms with van der Waals surface area (Å²) in [6, 6.07) is 11.1. The summed E-state index contributed by atoms with van der Waals surface area (Å²) in [5.41, 5.74) is 5.83. The minimum absolute atomic E-state index is 0.0885. The van der Waals surface area contributed by atoms with Crippen molar-refractivity contribution in [1.82, 2.24) is 4.90 Å². The Morgan fingerprint density at radius 1 is 1.14 bits per heavy atom. The van der Waals surface area contributed by atoms with E-state index in [0.29, 0.717) is 16.3 Å². The lowest BCUT2D eigenvalue weighted by atomic mass is 9.87. The topological polar surface area (TPSA) is 79.0 Å². The van der Waals surface area contributed by atoms with Crippen molar-refractivity contribution in [1.29, 1.82) is 0 Å². The van der Waals surface area contributed by atoms with Crippen LogP contribution in [0.3, 0.4) is 0 Å². The number of carbonyl (C=O) groups excluding carboxylic acids is 3. The molecule has 0 aromatic heterocycles. The van der Waals surface area contributed by atoms with Crippen LogP contribution >= 0.6 is 11.8 Å². The van der Waals surface area contributed by atoms with Crippen molar-refractivity contribution in [2.24, 2.45) is 0 Å². The number of amides is 3. The Hall–Kier alpha value is -3.52. The van der Waals surface area contributed by atoms with Gasteiger partial charge in [0.25, 0.3) is 11.1 Å². The number of fused-ring (bicyclic) bond motifs is 1. The van der Waals surface area contributed by atoms with E-state index in [4.69, 9.17) is 4.74 Å². The Labute approximate surface area is 216 Å². The number of aryl methyl sites for hydroxylation is 1. The van der Waals surface area contributed by atoms with Crippen molar-refractivity contribution in [2.75, 3.05) is 30.4 Å². The lowest BCUT2D eigenvalue weighted by Gasteiger charge is -2.43. The van der Waals surface area contributed by atoms with Crippen LogP contribution in [0.25, 0.3) is 11.6 Å². The smallest absolute Gasteiger partial charge is 0.294 e. The summed E-state index contributed by atoms with van der Waals surface area (Å²) < 4.78 is 5.11. The number of nitrogens with one attached hydrogen (secondary N) is 1. The molecule has 1 N–H and O–H groups in total. The lowest BCUT2D eigenvalue weighted by molar-refractivity contribution is -0.127. The number of hydrogen-bond donors (Lipinski definition) is 1. The van der Waals surface area contributed by atoms with Crippen molar-refractivity contribution in [3.63, 3.8) is 0 Å². The summed E-state index contributed by atoms with van der Waals surface area (Å²) in [6.07, 6.45) is 4.01. The fourth-order valence-electron chi connectivity index (χ4n) is 4.77. The molecule has 0 unspecified atom stereocenters. The Bertz CT molecular complexity index is 1290. The molecule has 2 heterocycles. The third kappa shape index (κ3) is 4.91. The van der Waals surface area contributed by atoms with Crippen LogP contribution in [0.15, 0.2) is 47.4 Å². The van der Waals surface area contributed by atoms with E-state index in [1.165, 1.54) is 11.3 Å². The number of allylic oxidation sites excluding steroid dienone is 1. The Balaban J connectivity index is 1.54. The predicted octanol–water partition coefficient (Wildman–Crippen LogP) is 5.70. The highest BCUT2D eigenvalue weighted by Gasteiger charge is 2.37. The van der Waals surface area contributed by atoms with E-state index in [2.05, 4.69) is 56.1 Å². The van der Waals surface area contributed by atoms with Crippen LogP contribution in [0.2, 0.25) is 0 Å². The van der Waals surface area contributed by atoms with E-state index in [9.17, 15) is 14.4 Å². The molecule has 0 atom stereocenters. The zero-order valence-corrected chi connectivity index (χ0v) is 22.3. The van der Waals surface area contributed by atoms with Gasteiger partial charge < -0.3 is 15.0 Å².